The molecule has 21 heavy (non-hydrogen) atoms. The van der Waals surface area contributed by atoms with Crippen LogP contribution in [0.3, 0.4) is 0 Å². The molecule has 6 nitrogen and oxygen atoms in total. The number of aromatic nitrogens is 2. The zero-order valence-electron chi connectivity index (χ0n) is 12.4. The number of methoxy groups -OCH3 is 1. The summed E-state index contributed by atoms with van der Waals surface area (Å²) < 4.78 is 10.6. The Morgan fingerprint density at radius 3 is 2.81 bits per heavy atom. The van der Waals surface area contributed by atoms with E-state index in [0.717, 1.165) is 11.3 Å². The molecule has 0 aliphatic rings. The van der Waals surface area contributed by atoms with Gasteiger partial charge in [0.05, 0.1) is 24.1 Å². The second kappa shape index (κ2) is 6.90. The van der Waals surface area contributed by atoms with Gasteiger partial charge in [0, 0.05) is 12.8 Å². The highest BCUT2D eigenvalue weighted by Gasteiger charge is 2.13. The number of nitrogens with one attached hydrogen (secondary N) is 2. The summed E-state index contributed by atoms with van der Waals surface area (Å²) in [6, 6.07) is 5.62. The van der Waals surface area contributed by atoms with Gasteiger partial charge in [-0.25, -0.2) is 0 Å². The molecule has 1 amide bonds. The number of benzene rings is 1. The summed E-state index contributed by atoms with van der Waals surface area (Å²) in [5.74, 6) is 0.406. The zero-order valence-corrected chi connectivity index (χ0v) is 12.4. The van der Waals surface area contributed by atoms with E-state index in [1.165, 1.54) is 6.20 Å². The first kappa shape index (κ1) is 15.1. The van der Waals surface area contributed by atoms with Crippen molar-refractivity contribution < 1.29 is 14.3 Å². The van der Waals surface area contributed by atoms with Crippen molar-refractivity contribution in [2.75, 3.05) is 25.6 Å². The summed E-state index contributed by atoms with van der Waals surface area (Å²) in [5, 5.41) is 9.43. The minimum absolute atomic E-state index is 0.221. The fraction of sp³-hybridized carbons (Fsp3) is 0.333. The maximum absolute atomic E-state index is 12.2. The van der Waals surface area contributed by atoms with Crippen LogP contribution in [0.4, 0.5) is 5.69 Å². The Kier molecular flexibility index (Phi) is 4.94. The number of anilines is 1. The second-order valence-electron chi connectivity index (χ2n) is 4.70. The predicted octanol–water partition coefficient (Wildman–Crippen LogP) is 2.30. The van der Waals surface area contributed by atoms with Crippen LogP contribution < -0.4 is 10.1 Å². The molecule has 0 atom stereocenters. The van der Waals surface area contributed by atoms with Crippen molar-refractivity contribution >= 4 is 11.6 Å². The number of carbonyl (C=O) groups is 1. The maximum atomic E-state index is 12.2. The third-order valence-electron chi connectivity index (χ3n) is 3.00. The lowest BCUT2D eigenvalue weighted by molar-refractivity contribution is 0.102. The summed E-state index contributed by atoms with van der Waals surface area (Å²) in [7, 11) is 1.62. The molecule has 0 saturated heterocycles. The number of aromatic amines is 1. The standard InChI is InChI=1S/C15H19N3O3/c1-10-4-5-13(14(8-10)21-7-6-20-3)17-15(19)12-9-16-18-11(12)2/h4-5,8-9H,6-7H2,1-3H3,(H,16,18)(H,17,19). The van der Waals surface area contributed by atoms with E-state index in [0.29, 0.717) is 30.2 Å². The minimum Gasteiger partial charge on any atom is -0.489 e. The van der Waals surface area contributed by atoms with Gasteiger partial charge in [-0.2, -0.15) is 5.10 Å². The highest BCUT2D eigenvalue weighted by atomic mass is 16.5. The summed E-state index contributed by atoms with van der Waals surface area (Å²) in [4.78, 5) is 12.2. The molecule has 1 aromatic carbocycles. The van der Waals surface area contributed by atoms with Gasteiger partial charge in [0.1, 0.15) is 12.4 Å². The molecule has 2 aromatic rings. The number of ether oxygens (including phenoxy) is 2. The smallest absolute Gasteiger partial charge is 0.259 e. The highest BCUT2D eigenvalue weighted by molar-refractivity contribution is 6.05. The van der Waals surface area contributed by atoms with Crippen LogP contribution in [-0.4, -0.2) is 36.4 Å². The number of rotatable bonds is 6. The van der Waals surface area contributed by atoms with Gasteiger partial charge in [-0.1, -0.05) is 6.07 Å². The highest BCUT2D eigenvalue weighted by Crippen LogP contribution is 2.26. The molecule has 0 bridgehead atoms. The first-order valence-corrected chi connectivity index (χ1v) is 6.65. The molecule has 1 aromatic heterocycles. The van der Waals surface area contributed by atoms with E-state index < -0.39 is 0 Å². The molecule has 1 heterocycles. The number of H-pyrrole nitrogens is 1. The Morgan fingerprint density at radius 1 is 1.33 bits per heavy atom. The molecular formula is C15H19N3O3. The van der Waals surface area contributed by atoms with E-state index >= 15 is 0 Å². The molecule has 0 aliphatic heterocycles. The lowest BCUT2D eigenvalue weighted by atomic mass is 10.2. The van der Waals surface area contributed by atoms with Gasteiger partial charge in [0.2, 0.25) is 0 Å². The number of hydrogen-bond acceptors (Lipinski definition) is 4. The third kappa shape index (κ3) is 3.82. The largest absolute Gasteiger partial charge is 0.489 e. The fourth-order valence-corrected chi connectivity index (χ4v) is 1.86. The molecular weight excluding hydrogens is 270 g/mol. The van der Waals surface area contributed by atoms with Gasteiger partial charge in [-0.3, -0.25) is 9.89 Å². The van der Waals surface area contributed by atoms with Crippen molar-refractivity contribution in [2.45, 2.75) is 13.8 Å². The SMILES string of the molecule is COCCOc1cc(C)ccc1NC(=O)c1cn[nH]c1C. The first-order valence-electron chi connectivity index (χ1n) is 6.65. The van der Waals surface area contributed by atoms with Crippen LogP contribution in [0.5, 0.6) is 5.75 Å². The van der Waals surface area contributed by atoms with Gasteiger partial charge in [0.15, 0.2) is 0 Å². The quantitative estimate of drug-likeness (QED) is 0.800. The first-order chi connectivity index (χ1) is 10.1. The van der Waals surface area contributed by atoms with Gasteiger partial charge in [-0.15, -0.1) is 0 Å². The zero-order chi connectivity index (χ0) is 15.2. The van der Waals surface area contributed by atoms with Gasteiger partial charge in [0.25, 0.3) is 5.91 Å². The summed E-state index contributed by atoms with van der Waals surface area (Å²) in [6.07, 6.45) is 1.50. The third-order valence-corrected chi connectivity index (χ3v) is 3.00. The topological polar surface area (TPSA) is 76.2 Å². The van der Waals surface area contributed by atoms with Gasteiger partial charge < -0.3 is 14.8 Å². The number of amides is 1. The van der Waals surface area contributed by atoms with Crippen LogP contribution >= 0.6 is 0 Å². The van der Waals surface area contributed by atoms with Crippen molar-refractivity contribution in [1.82, 2.24) is 10.2 Å². The molecule has 0 aliphatic carbocycles. The summed E-state index contributed by atoms with van der Waals surface area (Å²) in [5.41, 5.74) is 2.92. The Bertz CT molecular complexity index is 622. The summed E-state index contributed by atoms with van der Waals surface area (Å²) >= 11 is 0. The van der Waals surface area contributed by atoms with Gasteiger partial charge in [-0.05, 0) is 31.5 Å². The molecule has 0 unspecified atom stereocenters. The Morgan fingerprint density at radius 2 is 2.14 bits per heavy atom. The lowest BCUT2D eigenvalue weighted by Gasteiger charge is -2.13. The molecule has 0 spiro atoms. The Labute approximate surface area is 123 Å². The normalized spacial score (nSPS) is 10.4. The fourth-order valence-electron chi connectivity index (χ4n) is 1.86. The molecule has 0 radical (unpaired) electrons. The Balaban J connectivity index is 2.15. The average molecular weight is 289 g/mol. The number of hydrogen-bond donors (Lipinski definition) is 2. The van der Waals surface area contributed by atoms with Crippen molar-refractivity contribution in [1.29, 1.82) is 0 Å². The van der Waals surface area contributed by atoms with Crippen LogP contribution in [-0.2, 0) is 4.74 Å². The van der Waals surface area contributed by atoms with Crippen LogP contribution in [0.15, 0.2) is 24.4 Å². The summed E-state index contributed by atoms with van der Waals surface area (Å²) in [6.45, 7) is 4.68. The van der Waals surface area contributed by atoms with Crippen LogP contribution in [0.1, 0.15) is 21.6 Å². The van der Waals surface area contributed by atoms with Crippen LogP contribution in [0.25, 0.3) is 0 Å². The van der Waals surface area contributed by atoms with Crippen molar-refractivity contribution in [3.8, 4) is 5.75 Å². The van der Waals surface area contributed by atoms with E-state index in [1.54, 1.807) is 14.0 Å². The molecule has 0 fully saturated rings. The number of aryl methyl sites for hydroxylation is 2. The van der Waals surface area contributed by atoms with E-state index in [1.807, 2.05) is 25.1 Å². The molecule has 0 saturated carbocycles. The van der Waals surface area contributed by atoms with Crippen molar-refractivity contribution in [3.05, 3.63) is 41.2 Å². The van der Waals surface area contributed by atoms with Crippen LogP contribution in [0, 0.1) is 13.8 Å². The predicted molar refractivity (Wildman–Crippen MR) is 79.8 cm³/mol. The van der Waals surface area contributed by atoms with E-state index in [9.17, 15) is 4.79 Å². The Hall–Kier alpha value is -2.34. The van der Waals surface area contributed by atoms with Crippen LogP contribution in [0.2, 0.25) is 0 Å². The average Bonchev–Trinajstić information content (AvgIpc) is 2.88. The number of carbonyl (C=O) groups excluding carboxylic acids is 1. The van der Waals surface area contributed by atoms with Gasteiger partial charge >= 0.3 is 0 Å². The molecule has 6 heteroatoms. The van der Waals surface area contributed by atoms with Crippen molar-refractivity contribution in [2.24, 2.45) is 0 Å². The lowest BCUT2D eigenvalue weighted by Crippen LogP contribution is -2.14. The molecule has 2 rings (SSSR count). The van der Waals surface area contributed by atoms with E-state index in [-0.39, 0.29) is 5.91 Å². The molecule has 2 N–H and O–H groups in total. The minimum atomic E-state index is -0.221. The van der Waals surface area contributed by atoms with Crippen molar-refractivity contribution in [3.63, 3.8) is 0 Å². The molecule has 112 valence electrons. The van der Waals surface area contributed by atoms with E-state index in [4.69, 9.17) is 9.47 Å². The number of nitrogens with zero attached hydrogens (tertiary/aromatic N) is 1. The van der Waals surface area contributed by atoms with E-state index in [2.05, 4.69) is 15.5 Å². The maximum Gasteiger partial charge on any atom is 0.259 e. The monoisotopic (exact) mass is 289 g/mol. The second-order valence-corrected chi connectivity index (χ2v) is 4.70.